The van der Waals surface area contributed by atoms with Crippen LogP contribution in [0.1, 0.15) is 27.4 Å². The molecule has 1 aromatic heterocycles. The molecule has 1 fully saturated rings. The van der Waals surface area contributed by atoms with Gasteiger partial charge in [0.25, 0.3) is 11.1 Å². The Labute approximate surface area is 218 Å². The second kappa shape index (κ2) is 10.7. The average molecular weight is 610 g/mol. The molecule has 34 heavy (non-hydrogen) atoms. The molecule has 0 aliphatic carbocycles. The lowest BCUT2D eigenvalue weighted by Gasteiger charge is -2.10. The summed E-state index contributed by atoms with van der Waals surface area (Å²) in [7, 11) is 1.24. The maximum Gasteiger partial charge on any atom is 0.373 e. The molecule has 2 amide bonds. The van der Waals surface area contributed by atoms with Gasteiger partial charge in [-0.05, 0) is 76.3 Å². The number of esters is 1. The Kier molecular flexibility index (Phi) is 7.64. The van der Waals surface area contributed by atoms with Crippen molar-refractivity contribution in [3.63, 3.8) is 0 Å². The molecule has 0 unspecified atom stereocenters. The molecule has 2 heterocycles. The number of hydrogen-bond donors (Lipinski definition) is 0. The zero-order valence-corrected chi connectivity index (χ0v) is 21.5. The average Bonchev–Trinajstić information content (AvgIpc) is 3.39. The summed E-state index contributed by atoms with van der Waals surface area (Å²) < 4.78 is 16.7. The maximum absolute atomic E-state index is 12.8. The number of rotatable bonds is 7. The molecule has 0 N–H and O–H groups in total. The summed E-state index contributed by atoms with van der Waals surface area (Å²) in [5.41, 5.74) is 1.64. The predicted molar refractivity (Wildman–Crippen MR) is 137 cm³/mol. The third-order valence-electron chi connectivity index (χ3n) is 4.83. The van der Waals surface area contributed by atoms with Crippen LogP contribution < -0.4 is 4.74 Å². The lowest BCUT2D eigenvalue weighted by atomic mass is 10.2. The van der Waals surface area contributed by atoms with E-state index < -0.39 is 17.1 Å². The molecule has 7 nitrogen and oxygen atoms in total. The number of benzene rings is 2. The molecule has 2 aromatic carbocycles. The van der Waals surface area contributed by atoms with Crippen molar-refractivity contribution in [2.75, 3.05) is 7.11 Å². The van der Waals surface area contributed by atoms with E-state index in [2.05, 4.69) is 27.3 Å². The highest BCUT2D eigenvalue weighted by atomic mass is 127. The summed E-state index contributed by atoms with van der Waals surface area (Å²) in [6.07, 6.45) is 1.66. The van der Waals surface area contributed by atoms with E-state index in [4.69, 9.17) is 20.8 Å². The van der Waals surface area contributed by atoms with Crippen molar-refractivity contribution in [2.45, 2.75) is 13.2 Å². The number of furan rings is 1. The van der Waals surface area contributed by atoms with Crippen molar-refractivity contribution in [3.05, 3.63) is 90.7 Å². The first-order chi connectivity index (χ1) is 16.4. The molecule has 1 saturated heterocycles. The number of amides is 2. The van der Waals surface area contributed by atoms with E-state index in [0.29, 0.717) is 28.0 Å². The van der Waals surface area contributed by atoms with Crippen LogP contribution in [0.2, 0.25) is 5.02 Å². The molecule has 3 aromatic rings. The first kappa shape index (κ1) is 24.4. The summed E-state index contributed by atoms with van der Waals surface area (Å²) in [4.78, 5) is 38.1. The largest absolute Gasteiger partial charge is 0.488 e. The summed E-state index contributed by atoms with van der Waals surface area (Å²) in [5.74, 6) is -0.0655. The van der Waals surface area contributed by atoms with Crippen LogP contribution >= 0.6 is 46.0 Å². The van der Waals surface area contributed by atoms with E-state index in [-0.39, 0.29) is 12.3 Å². The van der Waals surface area contributed by atoms with Gasteiger partial charge in [0.15, 0.2) is 0 Å². The number of halogens is 2. The first-order valence-corrected chi connectivity index (χ1v) is 12.2. The molecule has 4 rings (SSSR count). The molecule has 0 atom stereocenters. The van der Waals surface area contributed by atoms with Gasteiger partial charge in [-0.3, -0.25) is 14.5 Å². The van der Waals surface area contributed by atoms with Gasteiger partial charge in [0, 0.05) is 10.6 Å². The van der Waals surface area contributed by atoms with Crippen molar-refractivity contribution in [3.8, 4) is 5.75 Å². The van der Waals surface area contributed by atoms with Gasteiger partial charge >= 0.3 is 5.97 Å². The van der Waals surface area contributed by atoms with E-state index in [1.165, 1.54) is 19.2 Å². The molecular weight excluding hydrogens is 593 g/mol. The van der Waals surface area contributed by atoms with Gasteiger partial charge in [-0.1, -0.05) is 35.9 Å². The zero-order valence-electron chi connectivity index (χ0n) is 17.7. The normalized spacial score (nSPS) is 14.7. The molecular formula is C24H17ClINO6S. The van der Waals surface area contributed by atoms with Crippen LogP contribution in [-0.2, 0) is 22.7 Å². The van der Waals surface area contributed by atoms with E-state index >= 15 is 0 Å². The van der Waals surface area contributed by atoms with E-state index in [1.54, 1.807) is 6.08 Å². The van der Waals surface area contributed by atoms with Gasteiger partial charge in [0.2, 0.25) is 5.76 Å². The van der Waals surface area contributed by atoms with Gasteiger partial charge in [-0.25, -0.2) is 4.79 Å². The van der Waals surface area contributed by atoms with Crippen molar-refractivity contribution in [1.82, 2.24) is 4.90 Å². The zero-order chi connectivity index (χ0) is 24.2. The summed E-state index contributed by atoms with van der Waals surface area (Å²) in [5, 5.41) is 0.225. The minimum Gasteiger partial charge on any atom is -0.488 e. The molecule has 174 valence electrons. The molecule has 0 spiro atoms. The fourth-order valence-electron chi connectivity index (χ4n) is 3.11. The van der Waals surface area contributed by atoms with Crippen LogP contribution in [0.5, 0.6) is 5.75 Å². The van der Waals surface area contributed by atoms with Crippen LogP contribution in [0.15, 0.2) is 63.9 Å². The highest BCUT2D eigenvalue weighted by Crippen LogP contribution is 2.34. The van der Waals surface area contributed by atoms with Gasteiger partial charge in [0.1, 0.15) is 18.1 Å². The van der Waals surface area contributed by atoms with Gasteiger partial charge in [0.05, 0.1) is 22.1 Å². The van der Waals surface area contributed by atoms with Crippen LogP contribution in [0.3, 0.4) is 0 Å². The number of imide groups is 1. The molecule has 0 saturated carbocycles. The van der Waals surface area contributed by atoms with Gasteiger partial charge in [-0.15, -0.1) is 0 Å². The summed E-state index contributed by atoms with van der Waals surface area (Å²) in [6.45, 7) is 0.254. The minimum absolute atomic E-state index is 0.00596. The van der Waals surface area contributed by atoms with Crippen molar-refractivity contribution in [1.29, 1.82) is 0 Å². The lowest BCUT2D eigenvalue weighted by Crippen LogP contribution is -2.27. The summed E-state index contributed by atoms with van der Waals surface area (Å²) in [6, 6.07) is 15.9. The Morgan fingerprint density at radius 2 is 1.97 bits per heavy atom. The van der Waals surface area contributed by atoms with Crippen LogP contribution in [0.4, 0.5) is 4.79 Å². The third-order valence-corrected chi connectivity index (χ3v) is 6.95. The molecule has 1 aliphatic heterocycles. The second-order valence-corrected chi connectivity index (χ2v) is 9.66. The number of carbonyl (C=O) groups is 3. The smallest absolute Gasteiger partial charge is 0.373 e. The highest BCUT2D eigenvalue weighted by molar-refractivity contribution is 14.1. The monoisotopic (exact) mass is 609 g/mol. The topological polar surface area (TPSA) is 86.0 Å². The number of methoxy groups -OCH3 is 1. The number of thioether (sulfide) groups is 1. The maximum atomic E-state index is 12.8. The predicted octanol–water partition coefficient (Wildman–Crippen LogP) is 6.14. The fraction of sp³-hybridized carbons (Fsp3) is 0.125. The molecule has 1 aliphatic rings. The molecule has 0 bridgehead atoms. The van der Waals surface area contributed by atoms with Crippen molar-refractivity contribution >= 4 is 69.1 Å². The van der Waals surface area contributed by atoms with Crippen LogP contribution in [0, 0.1) is 3.57 Å². The third kappa shape index (κ3) is 5.48. The van der Waals surface area contributed by atoms with Crippen LogP contribution in [-0.4, -0.2) is 29.1 Å². The number of hydrogen-bond acceptors (Lipinski definition) is 7. The van der Waals surface area contributed by atoms with E-state index in [1.807, 2.05) is 42.5 Å². The summed E-state index contributed by atoms with van der Waals surface area (Å²) >= 11 is 9.19. The molecule has 10 heteroatoms. The number of ether oxygens (including phenoxy) is 2. The Bertz CT molecular complexity index is 1300. The Morgan fingerprint density at radius 1 is 1.18 bits per heavy atom. The SMILES string of the molecule is COC(=O)c1ccc(CN2C(=O)S/C(=C/c3ccc(OCc4ccccc4Cl)c(I)c3)C2=O)o1. The fourth-order valence-corrected chi connectivity index (χ4v) is 4.84. The second-order valence-electron chi connectivity index (χ2n) is 7.10. The quantitative estimate of drug-likeness (QED) is 0.181. The van der Waals surface area contributed by atoms with Gasteiger partial charge in [-0.2, -0.15) is 0 Å². The minimum atomic E-state index is -0.630. The number of nitrogens with zero attached hydrogens (tertiary/aromatic N) is 1. The Morgan fingerprint density at radius 3 is 2.71 bits per heavy atom. The molecule has 0 radical (unpaired) electrons. The standard InChI is InChI=1S/C24H17ClINO6S/c1-31-23(29)20-9-7-16(33-20)12-27-22(28)21(34-24(27)30)11-14-6-8-19(18(26)10-14)32-13-15-4-2-3-5-17(15)25/h2-11H,12-13H2,1H3/b21-11+. The van der Waals surface area contributed by atoms with Crippen molar-refractivity contribution < 1.29 is 28.3 Å². The van der Waals surface area contributed by atoms with Crippen LogP contribution in [0.25, 0.3) is 6.08 Å². The van der Waals surface area contributed by atoms with Crippen molar-refractivity contribution in [2.24, 2.45) is 0 Å². The Balaban J connectivity index is 1.44. The van der Waals surface area contributed by atoms with E-state index in [9.17, 15) is 14.4 Å². The van der Waals surface area contributed by atoms with Gasteiger partial charge < -0.3 is 13.9 Å². The first-order valence-electron chi connectivity index (χ1n) is 9.94. The number of carbonyl (C=O) groups excluding carboxylic acids is 3. The lowest BCUT2D eigenvalue weighted by molar-refractivity contribution is -0.123. The van der Waals surface area contributed by atoms with E-state index in [0.717, 1.165) is 31.4 Å². The highest BCUT2D eigenvalue weighted by Gasteiger charge is 2.35. The Hall–Kier alpha value is -2.76.